The van der Waals surface area contributed by atoms with Gasteiger partial charge in [0.15, 0.2) is 0 Å². The van der Waals surface area contributed by atoms with E-state index in [0.717, 1.165) is 21.7 Å². The molecule has 1 aliphatic carbocycles. The number of ether oxygens (including phenoxy) is 1. The fourth-order valence-electron chi connectivity index (χ4n) is 2.93. The maximum absolute atomic E-state index is 6.10. The molecule has 1 aliphatic rings. The maximum Gasteiger partial charge on any atom is 0.120 e. The molecule has 0 saturated heterocycles. The molecule has 134 valence electrons. The van der Waals surface area contributed by atoms with Crippen molar-refractivity contribution in [2.75, 3.05) is 0 Å². The van der Waals surface area contributed by atoms with E-state index in [2.05, 4.69) is 75.9 Å². The highest BCUT2D eigenvalue weighted by Crippen LogP contribution is 2.29. The summed E-state index contributed by atoms with van der Waals surface area (Å²) in [7, 11) is 0. The van der Waals surface area contributed by atoms with Crippen LogP contribution in [0.2, 0.25) is 0 Å². The number of halogens is 1. The zero-order chi connectivity index (χ0) is 17.7. The van der Waals surface area contributed by atoms with Crippen molar-refractivity contribution in [3.05, 3.63) is 53.9 Å². The van der Waals surface area contributed by atoms with Crippen LogP contribution in [0.5, 0.6) is 5.75 Å². The van der Waals surface area contributed by atoms with Crippen molar-refractivity contribution in [1.29, 1.82) is 0 Å². The van der Waals surface area contributed by atoms with Crippen LogP contribution >= 0.6 is 27.9 Å². The summed E-state index contributed by atoms with van der Waals surface area (Å²) in [5.74, 6) is 0.972. The lowest BCUT2D eigenvalue weighted by Gasteiger charge is -2.26. The van der Waals surface area contributed by atoms with E-state index in [1.165, 1.54) is 31.2 Å². The second kappa shape index (κ2) is 8.56. The van der Waals surface area contributed by atoms with Gasteiger partial charge in [0.05, 0.1) is 11.8 Å². The van der Waals surface area contributed by atoms with Crippen molar-refractivity contribution in [2.45, 2.75) is 61.4 Å². The van der Waals surface area contributed by atoms with Gasteiger partial charge in [-0.05, 0) is 81.3 Å². The first-order chi connectivity index (χ1) is 12.1. The lowest BCUT2D eigenvalue weighted by molar-refractivity contribution is 0.209. The highest BCUT2D eigenvalue weighted by atomic mass is 79.9. The van der Waals surface area contributed by atoms with E-state index in [1.807, 2.05) is 6.20 Å². The maximum atomic E-state index is 6.10. The quantitative estimate of drug-likeness (QED) is 0.451. The molecule has 1 N–H and O–H groups in total. The summed E-state index contributed by atoms with van der Waals surface area (Å²) in [5, 5.41) is 0.781. The Kier molecular flexibility index (Phi) is 6.42. The van der Waals surface area contributed by atoms with Crippen LogP contribution < -0.4 is 9.46 Å². The highest BCUT2D eigenvalue weighted by molar-refractivity contribution is 9.08. The number of hydrogen-bond acceptors (Lipinski definition) is 4. The first-order valence-electron chi connectivity index (χ1n) is 8.79. The molecule has 0 atom stereocenters. The van der Waals surface area contributed by atoms with Gasteiger partial charge in [-0.15, -0.1) is 0 Å². The molecular weight excluding hydrogens is 396 g/mol. The number of pyridine rings is 1. The molecule has 0 spiro atoms. The second-order valence-corrected chi connectivity index (χ2v) is 8.44. The monoisotopic (exact) mass is 420 g/mol. The van der Waals surface area contributed by atoms with Crippen molar-refractivity contribution in [1.82, 2.24) is 9.71 Å². The van der Waals surface area contributed by atoms with Crippen LogP contribution in [-0.2, 0) is 10.9 Å². The van der Waals surface area contributed by atoms with E-state index in [0.29, 0.717) is 6.10 Å². The van der Waals surface area contributed by atoms with Crippen LogP contribution in [0.15, 0.2) is 47.5 Å². The van der Waals surface area contributed by atoms with E-state index in [-0.39, 0.29) is 5.54 Å². The lowest BCUT2D eigenvalue weighted by Crippen LogP contribution is -2.31. The zero-order valence-electron chi connectivity index (χ0n) is 14.8. The SMILES string of the molecule is CC(C)(NSc1cccc(OC2CCCC2)c1)c1ccc(CBr)nc1. The number of nitrogens with zero attached hydrogens (tertiary/aromatic N) is 1. The Morgan fingerprint density at radius 3 is 2.72 bits per heavy atom. The highest BCUT2D eigenvalue weighted by Gasteiger charge is 2.21. The molecule has 1 saturated carbocycles. The Morgan fingerprint density at radius 2 is 2.04 bits per heavy atom. The van der Waals surface area contributed by atoms with E-state index in [4.69, 9.17) is 4.74 Å². The fourth-order valence-corrected chi connectivity index (χ4v) is 4.07. The molecule has 2 aromatic rings. The molecule has 1 aromatic carbocycles. The first kappa shape index (κ1) is 18.7. The fraction of sp³-hybridized carbons (Fsp3) is 0.450. The van der Waals surface area contributed by atoms with E-state index in [1.54, 1.807) is 11.9 Å². The van der Waals surface area contributed by atoms with Crippen molar-refractivity contribution in [3.63, 3.8) is 0 Å². The summed E-state index contributed by atoms with van der Waals surface area (Å²) in [6.45, 7) is 4.34. The molecule has 5 heteroatoms. The first-order valence-corrected chi connectivity index (χ1v) is 10.7. The minimum atomic E-state index is -0.176. The van der Waals surface area contributed by atoms with Gasteiger partial charge in [0.2, 0.25) is 0 Å². The molecule has 0 unspecified atom stereocenters. The molecule has 3 nitrogen and oxygen atoms in total. The molecular formula is C20H25BrN2OS. The van der Waals surface area contributed by atoms with Crippen molar-refractivity contribution in [2.24, 2.45) is 0 Å². The van der Waals surface area contributed by atoms with Gasteiger partial charge in [-0.2, -0.15) is 0 Å². The van der Waals surface area contributed by atoms with Gasteiger partial charge in [0.25, 0.3) is 0 Å². The molecule has 1 heterocycles. The predicted octanol–water partition coefficient (Wildman–Crippen LogP) is 5.83. The number of benzene rings is 1. The minimum Gasteiger partial charge on any atom is -0.490 e. The topological polar surface area (TPSA) is 34.1 Å². The molecule has 0 bridgehead atoms. The van der Waals surface area contributed by atoms with Gasteiger partial charge >= 0.3 is 0 Å². The van der Waals surface area contributed by atoms with Crippen LogP contribution in [0.1, 0.15) is 50.8 Å². The van der Waals surface area contributed by atoms with E-state index < -0.39 is 0 Å². The third kappa shape index (κ3) is 5.22. The summed E-state index contributed by atoms with van der Waals surface area (Å²) < 4.78 is 9.66. The van der Waals surface area contributed by atoms with Gasteiger partial charge in [0.1, 0.15) is 5.75 Å². The average molecular weight is 421 g/mol. The Hall–Kier alpha value is -1.04. The van der Waals surface area contributed by atoms with Crippen molar-refractivity contribution >= 4 is 27.9 Å². The minimum absolute atomic E-state index is 0.176. The van der Waals surface area contributed by atoms with Crippen LogP contribution in [0.25, 0.3) is 0 Å². The summed E-state index contributed by atoms with van der Waals surface area (Å²) in [4.78, 5) is 5.63. The Bertz CT molecular complexity index is 684. The lowest BCUT2D eigenvalue weighted by atomic mass is 9.97. The van der Waals surface area contributed by atoms with Gasteiger partial charge in [-0.3, -0.25) is 4.98 Å². The van der Waals surface area contributed by atoms with Gasteiger partial charge in [-0.1, -0.05) is 28.1 Å². The molecule has 0 aliphatic heterocycles. The largest absolute Gasteiger partial charge is 0.490 e. The predicted molar refractivity (Wildman–Crippen MR) is 108 cm³/mol. The molecule has 0 radical (unpaired) electrons. The molecule has 3 rings (SSSR count). The third-order valence-electron chi connectivity index (χ3n) is 4.52. The van der Waals surface area contributed by atoms with Gasteiger partial charge in [-0.25, -0.2) is 4.72 Å². The number of alkyl halides is 1. The summed E-state index contributed by atoms with van der Waals surface area (Å²) in [6, 6.07) is 12.6. The molecule has 25 heavy (non-hydrogen) atoms. The van der Waals surface area contributed by atoms with Crippen molar-refractivity contribution in [3.8, 4) is 5.75 Å². The second-order valence-electron chi connectivity index (χ2n) is 7.00. The Morgan fingerprint density at radius 1 is 1.24 bits per heavy atom. The van der Waals surface area contributed by atoms with Gasteiger partial charge < -0.3 is 4.74 Å². The summed E-state index contributed by atoms with van der Waals surface area (Å²) in [6.07, 6.45) is 7.28. The Balaban J connectivity index is 1.61. The summed E-state index contributed by atoms with van der Waals surface area (Å²) in [5.41, 5.74) is 2.04. The van der Waals surface area contributed by atoms with Crippen LogP contribution in [0, 0.1) is 0 Å². The average Bonchev–Trinajstić information content (AvgIpc) is 3.13. The smallest absolute Gasteiger partial charge is 0.120 e. The molecule has 1 aromatic heterocycles. The van der Waals surface area contributed by atoms with Crippen LogP contribution in [0.3, 0.4) is 0 Å². The number of rotatable bonds is 7. The number of nitrogens with one attached hydrogen (secondary N) is 1. The molecule has 1 fully saturated rings. The van der Waals surface area contributed by atoms with E-state index in [9.17, 15) is 0 Å². The summed E-state index contributed by atoms with van der Waals surface area (Å²) >= 11 is 5.07. The zero-order valence-corrected chi connectivity index (χ0v) is 17.2. The number of aromatic nitrogens is 1. The van der Waals surface area contributed by atoms with Crippen molar-refractivity contribution < 1.29 is 4.74 Å². The van der Waals surface area contributed by atoms with Crippen LogP contribution in [-0.4, -0.2) is 11.1 Å². The molecule has 0 amide bonds. The normalized spacial score (nSPS) is 15.5. The third-order valence-corrected chi connectivity index (χ3v) is 6.19. The van der Waals surface area contributed by atoms with E-state index >= 15 is 0 Å². The van der Waals surface area contributed by atoms with Crippen LogP contribution in [0.4, 0.5) is 0 Å². The number of hydrogen-bond donors (Lipinski definition) is 1. The standard InChI is InChI=1S/C20H25BrN2OS/c1-20(2,15-10-11-16(13-21)22-14-15)23-25-19-9-5-8-18(12-19)24-17-6-3-4-7-17/h5,8-12,14,17,23H,3-4,6-7,13H2,1-2H3. The Labute approximate surface area is 163 Å². The van der Waals surface area contributed by atoms with Gasteiger partial charge in [0, 0.05) is 22.0 Å².